The van der Waals surface area contributed by atoms with Crippen molar-refractivity contribution >= 4 is 11.7 Å². The summed E-state index contributed by atoms with van der Waals surface area (Å²) in [5.74, 6) is -1.05. The highest BCUT2D eigenvalue weighted by atomic mass is 16.4. The number of aliphatic hydroxyl groups is 1. The Bertz CT molecular complexity index is 362. The Morgan fingerprint density at radius 3 is 2.75 bits per heavy atom. The number of aromatic carboxylic acids is 1. The molecule has 5 heteroatoms. The topological polar surface area (TPSA) is 73.7 Å². The molecule has 0 radical (unpaired) electrons. The van der Waals surface area contributed by atoms with Crippen molar-refractivity contribution in [1.29, 1.82) is 0 Å². The van der Waals surface area contributed by atoms with Crippen LogP contribution in [0.1, 0.15) is 10.5 Å². The maximum absolute atomic E-state index is 10.6. The average molecular weight is 222 g/mol. The lowest BCUT2D eigenvalue weighted by atomic mass is 10.3. The van der Waals surface area contributed by atoms with Crippen LogP contribution in [0.3, 0.4) is 0 Å². The van der Waals surface area contributed by atoms with Crippen LogP contribution in [0.4, 0.5) is 5.69 Å². The highest BCUT2D eigenvalue weighted by Gasteiger charge is 2.07. The first-order valence-corrected chi connectivity index (χ1v) is 4.85. The molecular formula is C11H14N2O3. The normalized spacial score (nSPS) is 9.81. The number of aromatic nitrogens is 1. The SMILES string of the molecule is C=CCN(CCO)c1ccc(C(=O)O)nc1. The van der Waals surface area contributed by atoms with Crippen LogP contribution in [0.25, 0.3) is 0 Å². The fourth-order valence-electron chi connectivity index (χ4n) is 1.30. The summed E-state index contributed by atoms with van der Waals surface area (Å²) < 4.78 is 0. The molecule has 0 saturated carbocycles. The number of rotatable bonds is 6. The highest BCUT2D eigenvalue weighted by molar-refractivity contribution is 5.85. The van der Waals surface area contributed by atoms with Crippen molar-refractivity contribution in [1.82, 2.24) is 4.98 Å². The average Bonchev–Trinajstić information content (AvgIpc) is 2.29. The molecular weight excluding hydrogens is 208 g/mol. The van der Waals surface area contributed by atoms with Gasteiger partial charge >= 0.3 is 5.97 Å². The molecule has 0 aromatic carbocycles. The zero-order valence-electron chi connectivity index (χ0n) is 8.83. The van der Waals surface area contributed by atoms with Gasteiger partial charge in [0.25, 0.3) is 0 Å². The number of carboxylic acid groups (broad SMARTS) is 1. The van der Waals surface area contributed by atoms with Crippen molar-refractivity contribution < 1.29 is 15.0 Å². The first kappa shape index (κ1) is 12.2. The van der Waals surface area contributed by atoms with E-state index in [1.165, 1.54) is 12.3 Å². The van der Waals surface area contributed by atoms with Crippen molar-refractivity contribution in [2.75, 3.05) is 24.6 Å². The van der Waals surface area contributed by atoms with Crippen LogP contribution in [-0.2, 0) is 0 Å². The van der Waals surface area contributed by atoms with Crippen LogP contribution in [0.5, 0.6) is 0 Å². The second kappa shape index (κ2) is 5.87. The number of aliphatic hydroxyl groups excluding tert-OH is 1. The van der Waals surface area contributed by atoms with Crippen LogP contribution in [0, 0.1) is 0 Å². The quantitative estimate of drug-likeness (QED) is 0.695. The van der Waals surface area contributed by atoms with E-state index in [9.17, 15) is 4.79 Å². The summed E-state index contributed by atoms with van der Waals surface area (Å²) in [5, 5.41) is 17.6. The maximum Gasteiger partial charge on any atom is 0.354 e. The lowest BCUT2D eigenvalue weighted by Crippen LogP contribution is -2.26. The van der Waals surface area contributed by atoms with Gasteiger partial charge in [0.05, 0.1) is 18.5 Å². The Hall–Kier alpha value is -1.88. The van der Waals surface area contributed by atoms with Gasteiger partial charge in [-0.25, -0.2) is 9.78 Å². The Morgan fingerprint density at radius 2 is 2.31 bits per heavy atom. The van der Waals surface area contributed by atoms with Crippen molar-refractivity contribution in [2.24, 2.45) is 0 Å². The fourth-order valence-corrected chi connectivity index (χ4v) is 1.30. The predicted molar refractivity (Wildman–Crippen MR) is 60.7 cm³/mol. The number of nitrogens with zero attached hydrogens (tertiary/aromatic N) is 2. The Labute approximate surface area is 93.7 Å². The molecule has 0 aliphatic carbocycles. The fraction of sp³-hybridized carbons (Fsp3) is 0.273. The van der Waals surface area contributed by atoms with Crippen LogP contribution in [0.2, 0.25) is 0 Å². The molecule has 0 aliphatic rings. The van der Waals surface area contributed by atoms with E-state index in [-0.39, 0.29) is 12.3 Å². The minimum atomic E-state index is -1.05. The van der Waals surface area contributed by atoms with Crippen LogP contribution >= 0.6 is 0 Å². The summed E-state index contributed by atoms with van der Waals surface area (Å²) in [6.45, 7) is 4.68. The molecule has 0 amide bonds. The van der Waals surface area contributed by atoms with E-state index in [2.05, 4.69) is 11.6 Å². The number of carboxylic acids is 1. The standard InChI is InChI=1S/C11H14N2O3/c1-2-5-13(6-7-14)9-3-4-10(11(15)16)12-8-9/h2-4,8,14H,1,5-7H2,(H,15,16). The molecule has 5 nitrogen and oxygen atoms in total. The summed E-state index contributed by atoms with van der Waals surface area (Å²) in [5.41, 5.74) is 0.769. The summed E-state index contributed by atoms with van der Waals surface area (Å²) in [4.78, 5) is 16.3. The predicted octanol–water partition coefficient (Wildman–Crippen LogP) is 0.764. The molecule has 1 aromatic rings. The molecule has 0 atom stereocenters. The first-order chi connectivity index (χ1) is 7.69. The molecule has 0 bridgehead atoms. The number of carbonyl (C=O) groups is 1. The third-order valence-corrected chi connectivity index (χ3v) is 2.05. The summed E-state index contributed by atoms with van der Waals surface area (Å²) in [6, 6.07) is 3.10. The lowest BCUT2D eigenvalue weighted by molar-refractivity contribution is 0.0690. The van der Waals surface area contributed by atoms with E-state index < -0.39 is 5.97 Å². The van der Waals surface area contributed by atoms with Gasteiger partial charge in [0.2, 0.25) is 0 Å². The third-order valence-electron chi connectivity index (χ3n) is 2.05. The second-order valence-corrected chi connectivity index (χ2v) is 3.17. The minimum Gasteiger partial charge on any atom is -0.477 e. The molecule has 1 aromatic heterocycles. The lowest BCUT2D eigenvalue weighted by Gasteiger charge is -2.21. The highest BCUT2D eigenvalue weighted by Crippen LogP contribution is 2.12. The molecule has 1 rings (SSSR count). The molecule has 86 valence electrons. The Balaban J connectivity index is 2.84. The third kappa shape index (κ3) is 3.06. The van der Waals surface area contributed by atoms with E-state index in [0.29, 0.717) is 13.1 Å². The number of pyridine rings is 1. The Morgan fingerprint density at radius 1 is 1.56 bits per heavy atom. The van der Waals surface area contributed by atoms with Crippen molar-refractivity contribution in [3.63, 3.8) is 0 Å². The van der Waals surface area contributed by atoms with Gasteiger partial charge in [-0.2, -0.15) is 0 Å². The van der Waals surface area contributed by atoms with E-state index in [1.807, 2.05) is 4.90 Å². The number of hydrogen-bond donors (Lipinski definition) is 2. The summed E-state index contributed by atoms with van der Waals surface area (Å²) in [6.07, 6.45) is 3.18. The molecule has 16 heavy (non-hydrogen) atoms. The second-order valence-electron chi connectivity index (χ2n) is 3.17. The number of hydrogen-bond acceptors (Lipinski definition) is 4. The summed E-state index contributed by atoms with van der Waals surface area (Å²) >= 11 is 0. The van der Waals surface area contributed by atoms with Gasteiger partial charge in [-0.05, 0) is 12.1 Å². The molecule has 0 saturated heterocycles. The largest absolute Gasteiger partial charge is 0.477 e. The van der Waals surface area contributed by atoms with Gasteiger partial charge in [-0.1, -0.05) is 6.08 Å². The minimum absolute atomic E-state index is 0.00583. The van der Waals surface area contributed by atoms with Crippen LogP contribution < -0.4 is 4.90 Å². The van der Waals surface area contributed by atoms with Gasteiger partial charge in [0.15, 0.2) is 0 Å². The van der Waals surface area contributed by atoms with Gasteiger partial charge in [-0.3, -0.25) is 0 Å². The molecule has 0 fully saturated rings. The van der Waals surface area contributed by atoms with E-state index >= 15 is 0 Å². The monoisotopic (exact) mass is 222 g/mol. The van der Waals surface area contributed by atoms with E-state index in [0.717, 1.165) is 5.69 Å². The van der Waals surface area contributed by atoms with E-state index in [1.54, 1.807) is 12.1 Å². The van der Waals surface area contributed by atoms with Crippen LogP contribution in [-0.4, -0.2) is 40.9 Å². The van der Waals surface area contributed by atoms with Crippen molar-refractivity contribution in [2.45, 2.75) is 0 Å². The van der Waals surface area contributed by atoms with Crippen LogP contribution in [0.15, 0.2) is 31.0 Å². The van der Waals surface area contributed by atoms with Crippen molar-refractivity contribution in [3.8, 4) is 0 Å². The maximum atomic E-state index is 10.6. The Kier molecular flexibility index (Phi) is 4.47. The van der Waals surface area contributed by atoms with Gasteiger partial charge in [0.1, 0.15) is 5.69 Å². The first-order valence-electron chi connectivity index (χ1n) is 4.85. The molecule has 2 N–H and O–H groups in total. The zero-order valence-corrected chi connectivity index (χ0v) is 8.83. The smallest absolute Gasteiger partial charge is 0.354 e. The molecule has 0 aliphatic heterocycles. The molecule has 0 unspecified atom stereocenters. The van der Waals surface area contributed by atoms with Crippen molar-refractivity contribution in [3.05, 3.63) is 36.7 Å². The number of anilines is 1. The van der Waals surface area contributed by atoms with Gasteiger partial charge in [0, 0.05) is 13.1 Å². The van der Waals surface area contributed by atoms with E-state index in [4.69, 9.17) is 10.2 Å². The molecule has 1 heterocycles. The van der Waals surface area contributed by atoms with Gasteiger partial charge in [-0.15, -0.1) is 6.58 Å². The zero-order chi connectivity index (χ0) is 12.0. The molecule has 0 spiro atoms. The van der Waals surface area contributed by atoms with Gasteiger partial charge < -0.3 is 15.1 Å². The summed E-state index contributed by atoms with van der Waals surface area (Å²) in [7, 11) is 0.